The highest BCUT2D eigenvalue weighted by Crippen LogP contribution is 2.33. The summed E-state index contributed by atoms with van der Waals surface area (Å²) in [5.41, 5.74) is 7.10. The Hall–Kier alpha value is -1.000. The van der Waals surface area contributed by atoms with Gasteiger partial charge in [-0.05, 0) is 17.5 Å². The fourth-order valence-electron chi connectivity index (χ4n) is 1.26. The summed E-state index contributed by atoms with van der Waals surface area (Å²) < 4.78 is 0.939. The molecule has 1 aromatic heterocycles. The lowest BCUT2D eigenvalue weighted by Gasteiger charge is -2.02. The second-order valence-corrected chi connectivity index (χ2v) is 4.08. The largest absolute Gasteiger partial charge is 0.397 e. The van der Waals surface area contributed by atoms with E-state index in [1.54, 1.807) is 6.07 Å². The van der Waals surface area contributed by atoms with Gasteiger partial charge in [-0.25, -0.2) is 0 Å². The van der Waals surface area contributed by atoms with Gasteiger partial charge >= 0.3 is 0 Å². The lowest BCUT2D eigenvalue weighted by atomic mass is 10.1. The molecule has 2 rings (SSSR count). The number of hydrogen-bond acceptors (Lipinski definition) is 4. The number of carbonyl (C=O) groups excluding carboxylic acids is 1. The molecule has 0 amide bonds. The highest BCUT2D eigenvalue weighted by molar-refractivity contribution is 7.80. The fourth-order valence-corrected chi connectivity index (χ4v) is 2.48. The molecular formula is C9H7NOS2. The van der Waals surface area contributed by atoms with Gasteiger partial charge in [-0.1, -0.05) is 0 Å². The van der Waals surface area contributed by atoms with Gasteiger partial charge in [0.2, 0.25) is 0 Å². The quantitative estimate of drug-likeness (QED) is 0.430. The number of nitrogen functional groups attached to an aromatic ring is 1. The third-order valence-corrected chi connectivity index (χ3v) is 3.23. The first-order chi connectivity index (χ1) is 6.24. The summed E-state index contributed by atoms with van der Waals surface area (Å²) in [5, 5.41) is 2.83. The summed E-state index contributed by atoms with van der Waals surface area (Å²) in [4.78, 5) is 11.4. The van der Waals surface area contributed by atoms with Gasteiger partial charge in [0.1, 0.15) is 0 Å². The van der Waals surface area contributed by atoms with Crippen molar-refractivity contribution in [3.63, 3.8) is 0 Å². The van der Waals surface area contributed by atoms with Crippen molar-refractivity contribution >= 4 is 46.0 Å². The van der Waals surface area contributed by atoms with E-state index in [9.17, 15) is 4.79 Å². The SMILES string of the molecule is Nc1c(S)cc(C=O)c2ccsc12. The lowest BCUT2D eigenvalue weighted by molar-refractivity contribution is 0.112. The molecule has 0 fully saturated rings. The molecule has 4 heteroatoms. The Morgan fingerprint density at radius 3 is 3.00 bits per heavy atom. The monoisotopic (exact) mass is 209 g/mol. The minimum Gasteiger partial charge on any atom is -0.397 e. The third-order valence-electron chi connectivity index (χ3n) is 1.92. The maximum absolute atomic E-state index is 10.7. The van der Waals surface area contributed by atoms with E-state index >= 15 is 0 Å². The van der Waals surface area contributed by atoms with Crippen molar-refractivity contribution < 1.29 is 4.79 Å². The minimum absolute atomic E-state index is 0.649. The Bertz CT molecular complexity index is 476. The van der Waals surface area contributed by atoms with Gasteiger partial charge in [-0.15, -0.1) is 24.0 Å². The predicted molar refractivity (Wildman–Crippen MR) is 58.9 cm³/mol. The van der Waals surface area contributed by atoms with Crippen LogP contribution in [0.25, 0.3) is 10.1 Å². The molecule has 0 radical (unpaired) electrons. The molecule has 1 aromatic carbocycles. The Morgan fingerprint density at radius 1 is 1.54 bits per heavy atom. The van der Waals surface area contributed by atoms with Crippen LogP contribution in [0.3, 0.4) is 0 Å². The first-order valence-corrected chi connectivity index (χ1v) is 5.00. The van der Waals surface area contributed by atoms with Crippen molar-refractivity contribution in [3.05, 3.63) is 23.1 Å². The number of carbonyl (C=O) groups is 1. The summed E-state index contributed by atoms with van der Waals surface area (Å²) in [6, 6.07) is 3.59. The van der Waals surface area contributed by atoms with Crippen molar-refractivity contribution in [1.29, 1.82) is 0 Å². The summed E-state index contributed by atoms with van der Waals surface area (Å²) in [7, 11) is 0. The van der Waals surface area contributed by atoms with Crippen LogP contribution in [0.4, 0.5) is 5.69 Å². The number of thiol groups is 1. The van der Waals surface area contributed by atoms with Crippen LogP contribution in [0.2, 0.25) is 0 Å². The Balaban J connectivity index is 2.95. The van der Waals surface area contributed by atoms with Crippen LogP contribution in [0.1, 0.15) is 10.4 Å². The fraction of sp³-hybridized carbons (Fsp3) is 0. The van der Waals surface area contributed by atoms with Gasteiger partial charge in [0.05, 0.1) is 10.4 Å². The molecule has 2 aromatic rings. The molecule has 66 valence electrons. The van der Waals surface area contributed by atoms with E-state index in [2.05, 4.69) is 12.6 Å². The van der Waals surface area contributed by atoms with Gasteiger partial charge in [0.25, 0.3) is 0 Å². The number of rotatable bonds is 1. The Kier molecular flexibility index (Phi) is 2.01. The average Bonchev–Trinajstić information content (AvgIpc) is 2.60. The minimum atomic E-state index is 0.649. The maximum Gasteiger partial charge on any atom is 0.150 e. The number of nitrogens with two attached hydrogens (primary N) is 1. The molecule has 0 unspecified atom stereocenters. The van der Waals surface area contributed by atoms with Crippen molar-refractivity contribution in [2.24, 2.45) is 0 Å². The topological polar surface area (TPSA) is 43.1 Å². The second-order valence-electron chi connectivity index (χ2n) is 2.68. The molecular weight excluding hydrogens is 202 g/mol. The van der Waals surface area contributed by atoms with Gasteiger partial charge < -0.3 is 5.73 Å². The first-order valence-electron chi connectivity index (χ1n) is 3.68. The number of hydrogen-bond donors (Lipinski definition) is 2. The van der Waals surface area contributed by atoms with Gasteiger partial charge in [-0.2, -0.15) is 0 Å². The zero-order valence-electron chi connectivity index (χ0n) is 6.65. The molecule has 0 aliphatic heterocycles. The van der Waals surface area contributed by atoms with E-state index in [-0.39, 0.29) is 0 Å². The second kappa shape index (κ2) is 3.05. The molecule has 13 heavy (non-hydrogen) atoms. The van der Waals surface area contributed by atoms with E-state index < -0.39 is 0 Å². The van der Waals surface area contributed by atoms with Crippen molar-refractivity contribution in [3.8, 4) is 0 Å². The molecule has 0 atom stereocenters. The standard InChI is InChI=1S/C9H7NOS2/c10-8-7(12)3-5(4-11)6-1-2-13-9(6)8/h1-4,12H,10H2. The molecule has 0 bridgehead atoms. The molecule has 2 N–H and O–H groups in total. The van der Waals surface area contributed by atoms with E-state index in [4.69, 9.17) is 5.73 Å². The number of anilines is 1. The number of thiophene rings is 1. The van der Waals surface area contributed by atoms with E-state index in [1.165, 1.54) is 11.3 Å². The normalized spacial score (nSPS) is 10.5. The summed E-state index contributed by atoms with van der Waals surface area (Å²) >= 11 is 5.72. The molecule has 0 aliphatic rings. The molecule has 0 saturated carbocycles. The van der Waals surface area contributed by atoms with Gasteiger partial charge in [0.15, 0.2) is 6.29 Å². The molecule has 0 saturated heterocycles. The summed E-state index contributed by atoms with van der Waals surface area (Å²) in [6.07, 6.45) is 0.828. The van der Waals surface area contributed by atoms with Crippen LogP contribution in [-0.4, -0.2) is 6.29 Å². The van der Waals surface area contributed by atoms with Crippen LogP contribution in [0.15, 0.2) is 22.4 Å². The predicted octanol–water partition coefficient (Wildman–Crippen LogP) is 2.58. The maximum atomic E-state index is 10.7. The van der Waals surface area contributed by atoms with Crippen LogP contribution in [-0.2, 0) is 0 Å². The zero-order chi connectivity index (χ0) is 9.42. The van der Waals surface area contributed by atoms with E-state index in [1.807, 2.05) is 11.4 Å². The van der Waals surface area contributed by atoms with E-state index in [0.29, 0.717) is 16.1 Å². The Labute approximate surface area is 84.8 Å². The van der Waals surface area contributed by atoms with Crippen molar-refractivity contribution in [1.82, 2.24) is 0 Å². The Morgan fingerprint density at radius 2 is 2.31 bits per heavy atom. The first kappa shape index (κ1) is 8.59. The van der Waals surface area contributed by atoms with E-state index in [0.717, 1.165) is 16.4 Å². The number of aldehydes is 1. The number of benzene rings is 1. The molecule has 0 aliphatic carbocycles. The summed E-state index contributed by atoms with van der Waals surface area (Å²) in [5.74, 6) is 0. The lowest BCUT2D eigenvalue weighted by Crippen LogP contribution is -1.90. The smallest absolute Gasteiger partial charge is 0.150 e. The molecule has 1 heterocycles. The highest BCUT2D eigenvalue weighted by atomic mass is 32.1. The van der Waals surface area contributed by atoms with Gasteiger partial charge in [-0.3, -0.25) is 4.79 Å². The number of fused-ring (bicyclic) bond motifs is 1. The van der Waals surface area contributed by atoms with Gasteiger partial charge in [0, 0.05) is 15.8 Å². The van der Waals surface area contributed by atoms with Crippen LogP contribution >= 0.6 is 24.0 Å². The van der Waals surface area contributed by atoms with Crippen LogP contribution in [0.5, 0.6) is 0 Å². The molecule has 0 spiro atoms. The van der Waals surface area contributed by atoms with Crippen molar-refractivity contribution in [2.45, 2.75) is 4.90 Å². The van der Waals surface area contributed by atoms with Crippen molar-refractivity contribution in [2.75, 3.05) is 5.73 Å². The third kappa shape index (κ3) is 1.22. The summed E-state index contributed by atoms with van der Waals surface area (Å²) in [6.45, 7) is 0. The van der Waals surface area contributed by atoms with Crippen LogP contribution in [0, 0.1) is 0 Å². The zero-order valence-corrected chi connectivity index (χ0v) is 8.36. The highest BCUT2D eigenvalue weighted by Gasteiger charge is 2.07. The van der Waals surface area contributed by atoms with Crippen LogP contribution < -0.4 is 5.73 Å². The molecule has 2 nitrogen and oxygen atoms in total. The average molecular weight is 209 g/mol.